The molecule has 1 amide bonds. The van der Waals surface area contributed by atoms with Crippen LogP contribution >= 0.6 is 0 Å². The largest absolute Gasteiger partial charge is 0.334 e. The van der Waals surface area contributed by atoms with E-state index in [1.165, 1.54) is 0 Å². The summed E-state index contributed by atoms with van der Waals surface area (Å²) in [5, 5.41) is 0. The first kappa shape index (κ1) is 12.2. The molecule has 1 rings (SSSR count). The molecular weight excluding hydrogens is 192 g/mol. The van der Waals surface area contributed by atoms with Crippen LogP contribution in [0.4, 0.5) is 0 Å². The van der Waals surface area contributed by atoms with Crippen molar-refractivity contribution in [1.82, 2.24) is 4.90 Å². The zero-order chi connectivity index (χ0) is 11.4. The van der Waals surface area contributed by atoms with E-state index in [9.17, 15) is 9.59 Å². The Balaban J connectivity index is 2.58. The van der Waals surface area contributed by atoms with Crippen molar-refractivity contribution < 1.29 is 9.59 Å². The number of carbonyl (C=O) groups excluding carboxylic acids is 2. The van der Waals surface area contributed by atoms with E-state index in [2.05, 4.69) is 0 Å². The summed E-state index contributed by atoms with van der Waals surface area (Å²) in [5.41, 5.74) is 5.72. The molecule has 0 bridgehead atoms. The first-order valence-corrected chi connectivity index (χ1v) is 5.59. The number of Topliss-reactive ketones (excluding diaryl/α,β-unsaturated/α-hetero) is 1. The minimum absolute atomic E-state index is 0.0164. The normalized spacial score (nSPS) is 23.1. The zero-order valence-corrected chi connectivity index (χ0v) is 9.53. The number of amides is 1. The van der Waals surface area contributed by atoms with Gasteiger partial charge in [-0.15, -0.1) is 0 Å². The average molecular weight is 212 g/mol. The predicted molar refractivity (Wildman–Crippen MR) is 58.3 cm³/mol. The second-order valence-corrected chi connectivity index (χ2v) is 4.48. The van der Waals surface area contributed by atoms with Gasteiger partial charge in [-0.1, -0.05) is 13.8 Å². The summed E-state index contributed by atoms with van der Waals surface area (Å²) in [6, 6.07) is -0.410. The van der Waals surface area contributed by atoms with Crippen LogP contribution in [0.15, 0.2) is 0 Å². The molecule has 0 saturated carbocycles. The number of ketones is 1. The van der Waals surface area contributed by atoms with Crippen molar-refractivity contribution in [3.63, 3.8) is 0 Å². The van der Waals surface area contributed by atoms with Crippen LogP contribution in [0, 0.1) is 5.92 Å². The molecule has 0 aromatic rings. The molecular formula is C11H20N2O2. The van der Waals surface area contributed by atoms with Crippen molar-refractivity contribution in [2.75, 3.05) is 13.1 Å². The Labute approximate surface area is 90.8 Å². The standard InChI is InChI=1S/C11H20N2O2/c1-8(2)10(14)7-13-6-4-3-5-9(12)11(13)15/h8-9H,3-7,12H2,1-2H3. The summed E-state index contributed by atoms with van der Waals surface area (Å²) in [5.74, 6) is 0.0243. The van der Waals surface area contributed by atoms with Gasteiger partial charge in [-0.05, 0) is 19.3 Å². The van der Waals surface area contributed by atoms with Crippen molar-refractivity contribution in [3.05, 3.63) is 0 Å². The highest BCUT2D eigenvalue weighted by Crippen LogP contribution is 2.11. The number of hydrogen-bond donors (Lipinski definition) is 1. The van der Waals surface area contributed by atoms with Gasteiger partial charge in [0.15, 0.2) is 5.78 Å². The van der Waals surface area contributed by atoms with Crippen molar-refractivity contribution in [2.45, 2.75) is 39.2 Å². The molecule has 1 unspecified atom stereocenters. The van der Waals surface area contributed by atoms with Crippen LogP contribution in [0.5, 0.6) is 0 Å². The second kappa shape index (κ2) is 5.26. The quantitative estimate of drug-likeness (QED) is 0.743. The van der Waals surface area contributed by atoms with Gasteiger partial charge in [-0.2, -0.15) is 0 Å². The lowest BCUT2D eigenvalue weighted by atomic mass is 10.1. The highest BCUT2D eigenvalue weighted by atomic mass is 16.2. The Bertz CT molecular complexity index is 251. The fourth-order valence-corrected chi connectivity index (χ4v) is 1.66. The lowest BCUT2D eigenvalue weighted by molar-refractivity contribution is -0.136. The number of carbonyl (C=O) groups is 2. The second-order valence-electron chi connectivity index (χ2n) is 4.48. The number of rotatable bonds is 3. The van der Waals surface area contributed by atoms with Gasteiger partial charge < -0.3 is 10.6 Å². The first-order chi connectivity index (χ1) is 7.02. The maximum atomic E-state index is 11.8. The maximum absolute atomic E-state index is 11.8. The van der Waals surface area contributed by atoms with Gasteiger partial charge in [0, 0.05) is 12.5 Å². The summed E-state index contributed by atoms with van der Waals surface area (Å²) >= 11 is 0. The fraction of sp³-hybridized carbons (Fsp3) is 0.818. The third-order valence-electron chi connectivity index (χ3n) is 2.81. The third-order valence-corrected chi connectivity index (χ3v) is 2.81. The van der Waals surface area contributed by atoms with E-state index in [0.29, 0.717) is 6.54 Å². The molecule has 0 aliphatic carbocycles. The molecule has 1 aliphatic rings. The highest BCUT2D eigenvalue weighted by molar-refractivity contribution is 5.89. The molecule has 1 saturated heterocycles. The summed E-state index contributed by atoms with van der Waals surface area (Å²) in [6.45, 7) is 4.60. The van der Waals surface area contributed by atoms with Gasteiger partial charge in [-0.25, -0.2) is 0 Å². The third kappa shape index (κ3) is 3.30. The Morgan fingerprint density at radius 3 is 2.80 bits per heavy atom. The van der Waals surface area contributed by atoms with Gasteiger partial charge in [-0.3, -0.25) is 9.59 Å². The van der Waals surface area contributed by atoms with Crippen LogP contribution in [0.25, 0.3) is 0 Å². The Kier molecular flexibility index (Phi) is 4.27. The van der Waals surface area contributed by atoms with Crippen molar-refractivity contribution in [1.29, 1.82) is 0 Å². The Morgan fingerprint density at radius 2 is 2.20 bits per heavy atom. The van der Waals surface area contributed by atoms with E-state index in [1.54, 1.807) is 4.90 Å². The van der Waals surface area contributed by atoms with Crippen molar-refractivity contribution >= 4 is 11.7 Å². The van der Waals surface area contributed by atoms with Crippen LogP contribution in [0.2, 0.25) is 0 Å². The van der Waals surface area contributed by atoms with E-state index in [1.807, 2.05) is 13.8 Å². The summed E-state index contributed by atoms with van der Waals surface area (Å²) in [4.78, 5) is 24.9. The van der Waals surface area contributed by atoms with Gasteiger partial charge in [0.05, 0.1) is 12.6 Å². The van der Waals surface area contributed by atoms with E-state index < -0.39 is 6.04 Å². The van der Waals surface area contributed by atoms with E-state index in [0.717, 1.165) is 19.3 Å². The highest BCUT2D eigenvalue weighted by Gasteiger charge is 2.25. The Morgan fingerprint density at radius 1 is 1.53 bits per heavy atom. The van der Waals surface area contributed by atoms with Crippen LogP contribution in [-0.4, -0.2) is 35.7 Å². The molecule has 0 radical (unpaired) electrons. The monoisotopic (exact) mass is 212 g/mol. The van der Waals surface area contributed by atoms with Crippen LogP contribution < -0.4 is 5.73 Å². The summed E-state index contributed by atoms with van der Waals surface area (Å²) in [7, 11) is 0. The van der Waals surface area contributed by atoms with E-state index in [-0.39, 0.29) is 24.2 Å². The molecule has 4 nitrogen and oxygen atoms in total. The molecule has 1 aliphatic heterocycles. The smallest absolute Gasteiger partial charge is 0.239 e. The molecule has 0 spiro atoms. The van der Waals surface area contributed by atoms with Crippen molar-refractivity contribution in [3.8, 4) is 0 Å². The van der Waals surface area contributed by atoms with Crippen LogP contribution in [-0.2, 0) is 9.59 Å². The van der Waals surface area contributed by atoms with E-state index >= 15 is 0 Å². The van der Waals surface area contributed by atoms with Crippen LogP contribution in [0.1, 0.15) is 33.1 Å². The number of hydrogen-bond acceptors (Lipinski definition) is 3. The number of likely N-dealkylation sites (tertiary alicyclic amines) is 1. The molecule has 1 atom stereocenters. The number of nitrogens with zero attached hydrogens (tertiary/aromatic N) is 1. The minimum Gasteiger partial charge on any atom is -0.334 e. The lowest BCUT2D eigenvalue weighted by Gasteiger charge is -2.22. The molecule has 1 fully saturated rings. The molecule has 0 aromatic heterocycles. The summed E-state index contributed by atoms with van der Waals surface area (Å²) in [6.07, 6.45) is 2.66. The van der Waals surface area contributed by atoms with Crippen molar-refractivity contribution in [2.24, 2.45) is 11.7 Å². The lowest BCUT2D eigenvalue weighted by Crippen LogP contribution is -2.45. The molecule has 0 aromatic carbocycles. The minimum atomic E-state index is -0.410. The molecule has 15 heavy (non-hydrogen) atoms. The fourth-order valence-electron chi connectivity index (χ4n) is 1.66. The van der Waals surface area contributed by atoms with Crippen LogP contribution in [0.3, 0.4) is 0 Å². The molecule has 2 N–H and O–H groups in total. The van der Waals surface area contributed by atoms with E-state index in [4.69, 9.17) is 5.73 Å². The van der Waals surface area contributed by atoms with Gasteiger partial charge >= 0.3 is 0 Å². The SMILES string of the molecule is CC(C)C(=O)CN1CCCCC(N)C1=O. The predicted octanol–water partition coefficient (Wildman–Crippen LogP) is 0.551. The first-order valence-electron chi connectivity index (χ1n) is 5.59. The molecule has 86 valence electrons. The average Bonchev–Trinajstić information content (AvgIpc) is 2.33. The zero-order valence-electron chi connectivity index (χ0n) is 9.53. The van der Waals surface area contributed by atoms with Gasteiger partial charge in [0.2, 0.25) is 5.91 Å². The maximum Gasteiger partial charge on any atom is 0.239 e. The Hall–Kier alpha value is -0.900. The summed E-state index contributed by atoms with van der Waals surface area (Å²) < 4.78 is 0. The molecule has 4 heteroatoms. The topological polar surface area (TPSA) is 63.4 Å². The van der Waals surface area contributed by atoms with Gasteiger partial charge in [0.25, 0.3) is 0 Å². The molecule has 1 heterocycles. The number of nitrogens with two attached hydrogens (primary N) is 1. The van der Waals surface area contributed by atoms with Gasteiger partial charge in [0.1, 0.15) is 0 Å².